The number of amides is 1. The van der Waals surface area contributed by atoms with Crippen molar-refractivity contribution in [2.45, 2.75) is 12.7 Å². The average Bonchev–Trinajstić information content (AvgIpc) is 2.54. The number of benzene rings is 1. The van der Waals surface area contributed by atoms with Crippen LogP contribution in [0.5, 0.6) is 0 Å². The van der Waals surface area contributed by atoms with Gasteiger partial charge in [-0.3, -0.25) is 9.78 Å². The molecule has 0 unspecified atom stereocenters. The summed E-state index contributed by atoms with van der Waals surface area (Å²) < 4.78 is 30.8. The highest BCUT2D eigenvalue weighted by Crippen LogP contribution is 2.10. The van der Waals surface area contributed by atoms with Gasteiger partial charge in [0.05, 0.1) is 18.4 Å². The van der Waals surface area contributed by atoms with Crippen LogP contribution < -0.4 is 4.72 Å². The summed E-state index contributed by atoms with van der Waals surface area (Å²) in [5.41, 5.74) is 1.58. The van der Waals surface area contributed by atoms with E-state index in [9.17, 15) is 18.0 Å². The average molecular weight is 348 g/mol. The van der Waals surface area contributed by atoms with Gasteiger partial charge in [-0.25, -0.2) is 17.9 Å². The number of pyridine rings is 1. The molecule has 1 heterocycles. The Labute approximate surface area is 139 Å². The number of ether oxygens (including phenoxy) is 1. The van der Waals surface area contributed by atoms with Crippen molar-refractivity contribution in [2.75, 3.05) is 7.11 Å². The number of methoxy groups -OCH3 is 1. The molecule has 1 aromatic carbocycles. The number of hydrogen-bond donors (Lipinski definition) is 1. The highest BCUT2D eigenvalue weighted by atomic mass is 32.2. The number of esters is 1. The first-order chi connectivity index (χ1) is 11.3. The zero-order valence-corrected chi connectivity index (χ0v) is 14.0. The van der Waals surface area contributed by atoms with Crippen LogP contribution in [-0.4, -0.2) is 32.4 Å². The first-order valence-electron chi connectivity index (χ1n) is 6.95. The highest BCUT2D eigenvalue weighted by molar-refractivity contribution is 7.89. The molecule has 1 aromatic heterocycles. The molecule has 24 heavy (non-hydrogen) atoms. The SMILES string of the molecule is COC(=O)c1ccc(CS(=O)(=O)NC(=O)c2ccnc(C)c2)cc1. The molecule has 0 fully saturated rings. The van der Waals surface area contributed by atoms with Crippen molar-refractivity contribution in [3.8, 4) is 0 Å². The monoisotopic (exact) mass is 348 g/mol. The second kappa shape index (κ2) is 7.22. The molecule has 0 atom stereocenters. The minimum atomic E-state index is -3.87. The first-order valence-corrected chi connectivity index (χ1v) is 8.61. The molecule has 126 valence electrons. The summed E-state index contributed by atoms with van der Waals surface area (Å²) in [4.78, 5) is 27.3. The summed E-state index contributed by atoms with van der Waals surface area (Å²) in [5.74, 6) is -1.61. The van der Waals surface area contributed by atoms with Crippen molar-refractivity contribution < 1.29 is 22.7 Å². The van der Waals surface area contributed by atoms with Crippen molar-refractivity contribution in [3.05, 3.63) is 65.0 Å². The Morgan fingerprint density at radius 1 is 1.12 bits per heavy atom. The van der Waals surface area contributed by atoms with Crippen LogP contribution >= 0.6 is 0 Å². The quantitative estimate of drug-likeness (QED) is 0.820. The van der Waals surface area contributed by atoms with Gasteiger partial charge in [0.15, 0.2) is 0 Å². The molecular formula is C16H16N2O5S. The number of carbonyl (C=O) groups excluding carboxylic acids is 2. The van der Waals surface area contributed by atoms with Gasteiger partial charge in [-0.15, -0.1) is 0 Å². The smallest absolute Gasteiger partial charge is 0.337 e. The summed E-state index contributed by atoms with van der Waals surface area (Å²) in [5, 5.41) is 0. The maximum absolute atomic E-state index is 12.1. The van der Waals surface area contributed by atoms with Gasteiger partial charge in [-0.1, -0.05) is 12.1 Å². The Balaban J connectivity index is 2.08. The molecule has 0 spiro atoms. The molecule has 0 saturated heterocycles. The summed E-state index contributed by atoms with van der Waals surface area (Å²) in [6.07, 6.45) is 1.43. The van der Waals surface area contributed by atoms with Crippen molar-refractivity contribution in [1.29, 1.82) is 0 Å². The topological polar surface area (TPSA) is 102 Å². The largest absolute Gasteiger partial charge is 0.465 e. The molecule has 0 aliphatic heterocycles. The van der Waals surface area contributed by atoms with Gasteiger partial charge in [0.1, 0.15) is 0 Å². The molecule has 8 heteroatoms. The second-order valence-electron chi connectivity index (χ2n) is 5.06. The van der Waals surface area contributed by atoms with Crippen molar-refractivity contribution >= 4 is 21.9 Å². The number of nitrogens with one attached hydrogen (secondary N) is 1. The number of aromatic nitrogens is 1. The van der Waals surface area contributed by atoms with E-state index in [0.717, 1.165) is 0 Å². The van der Waals surface area contributed by atoms with Crippen molar-refractivity contribution in [1.82, 2.24) is 9.71 Å². The molecule has 1 amide bonds. The Bertz CT molecular complexity index is 860. The standard InChI is InChI=1S/C16H16N2O5S/c1-11-9-14(7-8-17-11)15(19)18-24(21,22)10-12-3-5-13(6-4-12)16(20)23-2/h3-9H,10H2,1-2H3,(H,18,19). The molecule has 2 rings (SSSR count). The lowest BCUT2D eigenvalue weighted by molar-refractivity contribution is 0.0600. The van der Waals surface area contributed by atoms with Gasteiger partial charge < -0.3 is 4.74 Å². The van der Waals surface area contributed by atoms with Gasteiger partial charge in [0.25, 0.3) is 5.91 Å². The predicted molar refractivity (Wildman–Crippen MR) is 86.8 cm³/mol. The summed E-state index contributed by atoms with van der Waals surface area (Å²) >= 11 is 0. The van der Waals surface area contributed by atoms with Crippen molar-refractivity contribution in [2.24, 2.45) is 0 Å². The zero-order valence-electron chi connectivity index (χ0n) is 13.1. The fraction of sp³-hybridized carbons (Fsp3) is 0.188. The fourth-order valence-electron chi connectivity index (χ4n) is 2.00. The maximum atomic E-state index is 12.1. The Morgan fingerprint density at radius 2 is 1.79 bits per heavy atom. The maximum Gasteiger partial charge on any atom is 0.337 e. The molecular weight excluding hydrogens is 332 g/mol. The van der Waals surface area contributed by atoms with Crippen LogP contribution in [0.1, 0.15) is 32.0 Å². The lowest BCUT2D eigenvalue weighted by atomic mass is 10.1. The van der Waals surface area contributed by atoms with E-state index in [0.29, 0.717) is 16.8 Å². The third-order valence-corrected chi connectivity index (χ3v) is 4.35. The molecule has 0 saturated carbocycles. The van der Waals surface area contributed by atoms with E-state index in [1.165, 1.54) is 49.7 Å². The van der Waals surface area contributed by atoms with E-state index in [4.69, 9.17) is 0 Å². The van der Waals surface area contributed by atoms with E-state index < -0.39 is 21.9 Å². The van der Waals surface area contributed by atoms with E-state index in [-0.39, 0.29) is 11.3 Å². The van der Waals surface area contributed by atoms with Gasteiger partial charge >= 0.3 is 5.97 Å². The fourth-order valence-corrected chi connectivity index (χ4v) is 3.10. The van der Waals surface area contributed by atoms with Gasteiger partial charge in [-0.2, -0.15) is 0 Å². The van der Waals surface area contributed by atoms with E-state index in [1.54, 1.807) is 6.92 Å². The third-order valence-electron chi connectivity index (χ3n) is 3.14. The summed E-state index contributed by atoms with van der Waals surface area (Å²) in [7, 11) is -2.61. The van der Waals surface area contributed by atoms with Gasteiger partial charge in [-0.05, 0) is 36.8 Å². The molecule has 0 radical (unpaired) electrons. The van der Waals surface area contributed by atoms with Crippen LogP contribution in [0.4, 0.5) is 0 Å². The number of sulfonamides is 1. The molecule has 0 aliphatic rings. The second-order valence-corrected chi connectivity index (χ2v) is 6.79. The number of carbonyl (C=O) groups is 2. The van der Waals surface area contributed by atoms with E-state index in [1.807, 2.05) is 4.72 Å². The number of nitrogens with zero attached hydrogens (tertiary/aromatic N) is 1. The highest BCUT2D eigenvalue weighted by Gasteiger charge is 2.17. The third kappa shape index (κ3) is 4.63. The van der Waals surface area contributed by atoms with E-state index >= 15 is 0 Å². The van der Waals surface area contributed by atoms with Crippen LogP contribution in [0.25, 0.3) is 0 Å². The molecule has 0 bridgehead atoms. The Morgan fingerprint density at radius 3 is 2.38 bits per heavy atom. The van der Waals surface area contributed by atoms with Gasteiger partial charge in [0.2, 0.25) is 10.0 Å². The van der Waals surface area contributed by atoms with Crippen LogP contribution in [0.2, 0.25) is 0 Å². The zero-order chi connectivity index (χ0) is 17.7. The van der Waals surface area contributed by atoms with Crippen LogP contribution in [0.3, 0.4) is 0 Å². The Hall–Kier alpha value is -2.74. The Kier molecular flexibility index (Phi) is 5.30. The van der Waals surface area contributed by atoms with Crippen LogP contribution in [-0.2, 0) is 20.5 Å². The first kappa shape index (κ1) is 17.6. The normalized spacial score (nSPS) is 10.9. The molecule has 2 aromatic rings. The number of aryl methyl sites for hydroxylation is 1. The van der Waals surface area contributed by atoms with Crippen LogP contribution in [0, 0.1) is 6.92 Å². The molecule has 7 nitrogen and oxygen atoms in total. The van der Waals surface area contributed by atoms with E-state index in [2.05, 4.69) is 9.72 Å². The van der Waals surface area contributed by atoms with Crippen molar-refractivity contribution in [3.63, 3.8) is 0 Å². The number of rotatable bonds is 5. The summed E-state index contributed by atoms with van der Waals surface area (Å²) in [6, 6.07) is 8.84. The lowest BCUT2D eigenvalue weighted by Crippen LogP contribution is -2.31. The van der Waals surface area contributed by atoms with Gasteiger partial charge in [0, 0.05) is 17.5 Å². The minimum absolute atomic E-state index is 0.215. The number of hydrogen-bond acceptors (Lipinski definition) is 6. The molecule has 1 N–H and O–H groups in total. The molecule has 0 aliphatic carbocycles. The van der Waals surface area contributed by atoms with Crippen LogP contribution in [0.15, 0.2) is 42.6 Å². The summed E-state index contributed by atoms with van der Waals surface area (Å²) in [6.45, 7) is 1.70. The lowest BCUT2D eigenvalue weighted by Gasteiger charge is -2.08. The predicted octanol–water partition coefficient (Wildman–Crippen LogP) is 1.44. The minimum Gasteiger partial charge on any atom is -0.465 e.